The number of hydrogen-bond donors (Lipinski definition) is 1. The maximum absolute atomic E-state index is 13.1. The monoisotopic (exact) mass is 436 g/mol. The number of halogens is 1. The molecule has 1 aliphatic carbocycles. The Morgan fingerprint density at radius 1 is 1.16 bits per heavy atom. The number of rotatable bonds is 8. The quantitative estimate of drug-likeness (QED) is 0.444. The second-order valence-electron chi connectivity index (χ2n) is 8.07. The summed E-state index contributed by atoms with van der Waals surface area (Å²) in [5.74, 6) is 0.819. The Hall–Kier alpha value is -3.33. The third-order valence-corrected chi connectivity index (χ3v) is 5.68. The van der Waals surface area contributed by atoms with Crippen LogP contribution in [0.1, 0.15) is 50.7 Å². The lowest BCUT2D eigenvalue weighted by molar-refractivity contribution is -0.118. The lowest BCUT2D eigenvalue weighted by atomic mass is 9.86. The molecule has 2 atom stereocenters. The molecule has 2 aromatic carbocycles. The van der Waals surface area contributed by atoms with E-state index < -0.39 is 0 Å². The van der Waals surface area contributed by atoms with Gasteiger partial charge in [-0.1, -0.05) is 38.0 Å². The molecule has 3 rings (SSSR count). The summed E-state index contributed by atoms with van der Waals surface area (Å²) in [4.78, 5) is 12.7. The predicted octanol–water partition coefficient (Wildman–Crippen LogP) is 5.41. The maximum atomic E-state index is 13.1. The minimum absolute atomic E-state index is 0.0604. The van der Waals surface area contributed by atoms with E-state index in [9.17, 15) is 14.4 Å². The van der Waals surface area contributed by atoms with E-state index in [1.54, 1.807) is 36.4 Å². The van der Waals surface area contributed by atoms with Gasteiger partial charge in [-0.15, -0.1) is 0 Å². The molecule has 168 valence electrons. The van der Waals surface area contributed by atoms with Crippen LogP contribution in [-0.4, -0.2) is 18.6 Å². The molecule has 32 heavy (non-hydrogen) atoms. The van der Waals surface area contributed by atoms with Crippen molar-refractivity contribution in [2.24, 2.45) is 5.92 Å². The van der Waals surface area contributed by atoms with Gasteiger partial charge in [0.1, 0.15) is 24.1 Å². The Morgan fingerprint density at radius 2 is 1.91 bits per heavy atom. The summed E-state index contributed by atoms with van der Waals surface area (Å²) >= 11 is 0. The number of carbonyl (C=O) groups is 1. The third kappa shape index (κ3) is 6.34. The van der Waals surface area contributed by atoms with E-state index >= 15 is 0 Å². The molecule has 1 N–H and O–H groups in total. The van der Waals surface area contributed by atoms with Gasteiger partial charge in [0.05, 0.1) is 6.61 Å². The van der Waals surface area contributed by atoms with Crippen molar-refractivity contribution in [3.05, 3.63) is 65.0 Å². The minimum Gasteiger partial charge on any atom is -0.490 e. The smallest absolute Gasteiger partial charge is 0.262 e. The topological polar surface area (TPSA) is 71.3 Å². The van der Waals surface area contributed by atoms with Crippen molar-refractivity contribution < 1.29 is 18.7 Å². The Kier molecular flexibility index (Phi) is 8.27. The fourth-order valence-electron chi connectivity index (χ4n) is 3.84. The Labute approximate surface area is 188 Å². The molecule has 1 amide bonds. The van der Waals surface area contributed by atoms with Gasteiger partial charge < -0.3 is 14.8 Å². The van der Waals surface area contributed by atoms with Gasteiger partial charge in [-0.2, -0.15) is 5.26 Å². The third-order valence-electron chi connectivity index (χ3n) is 5.68. The molecule has 0 aliphatic heterocycles. The van der Waals surface area contributed by atoms with Crippen LogP contribution in [0.5, 0.6) is 11.5 Å². The highest BCUT2D eigenvalue weighted by atomic mass is 19.1. The first-order valence-electron chi connectivity index (χ1n) is 11.1. The zero-order valence-corrected chi connectivity index (χ0v) is 18.6. The molecule has 2 aromatic rings. The second kappa shape index (κ2) is 11.3. The SMILES string of the molecule is CCOc1cc(/C=C(\C#N)C(=O)N[C@H]2CCCC[C@@H]2C)ccc1OCc1ccc(F)cc1. The molecule has 6 heteroatoms. The normalized spacial score (nSPS) is 18.5. The molecular weight excluding hydrogens is 407 g/mol. The van der Waals surface area contributed by atoms with Gasteiger partial charge in [0.2, 0.25) is 0 Å². The molecule has 0 radical (unpaired) electrons. The molecule has 0 spiro atoms. The molecule has 0 heterocycles. The number of hydrogen-bond acceptors (Lipinski definition) is 4. The van der Waals surface area contributed by atoms with E-state index in [1.165, 1.54) is 18.6 Å². The van der Waals surface area contributed by atoms with E-state index in [0.29, 0.717) is 29.6 Å². The van der Waals surface area contributed by atoms with Crippen LogP contribution < -0.4 is 14.8 Å². The first kappa shape index (κ1) is 23.3. The predicted molar refractivity (Wildman–Crippen MR) is 121 cm³/mol. The van der Waals surface area contributed by atoms with Crippen molar-refractivity contribution in [1.82, 2.24) is 5.32 Å². The van der Waals surface area contributed by atoms with Crippen LogP contribution in [0, 0.1) is 23.1 Å². The summed E-state index contributed by atoms with van der Waals surface area (Å²) in [7, 11) is 0. The lowest BCUT2D eigenvalue weighted by Gasteiger charge is -2.29. The first-order valence-corrected chi connectivity index (χ1v) is 11.1. The molecule has 0 saturated heterocycles. The number of benzene rings is 2. The molecule has 0 bridgehead atoms. The Balaban J connectivity index is 1.73. The minimum atomic E-state index is -0.346. The molecule has 5 nitrogen and oxygen atoms in total. The van der Waals surface area contributed by atoms with Crippen LogP contribution in [0.4, 0.5) is 4.39 Å². The van der Waals surface area contributed by atoms with Crippen LogP contribution in [0.15, 0.2) is 48.0 Å². The summed E-state index contributed by atoms with van der Waals surface area (Å²) in [5, 5.41) is 12.6. The highest BCUT2D eigenvalue weighted by Gasteiger charge is 2.24. The molecule has 1 fully saturated rings. The summed E-state index contributed by atoms with van der Waals surface area (Å²) < 4.78 is 24.6. The van der Waals surface area contributed by atoms with Gasteiger partial charge >= 0.3 is 0 Å². The molecule has 1 saturated carbocycles. The fraction of sp³-hybridized carbons (Fsp3) is 0.385. The van der Waals surface area contributed by atoms with Gasteiger partial charge in [-0.25, -0.2) is 4.39 Å². The van der Waals surface area contributed by atoms with Crippen LogP contribution in [0.25, 0.3) is 6.08 Å². The van der Waals surface area contributed by atoms with Crippen LogP contribution >= 0.6 is 0 Å². The van der Waals surface area contributed by atoms with Gasteiger partial charge in [-0.3, -0.25) is 4.79 Å². The van der Waals surface area contributed by atoms with E-state index in [-0.39, 0.29) is 29.9 Å². The van der Waals surface area contributed by atoms with Gasteiger partial charge in [-0.05, 0) is 67.2 Å². The van der Waals surface area contributed by atoms with E-state index in [4.69, 9.17) is 9.47 Å². The summed E-state index contributed by atoms with van der Waals surface area (Å²) in [5.41, 5.74) is 1.56. The van der Waals surface area contributed by atoms with Crippen LogP contribution in [0.3, 0.4) is 0 Å². The highest BCUT2D eigenvalue weighted by molar-refractivity contribution is 6.01. The van der Waals surface area contributed by atoms with Crippen LogP contribution in [-0.2, 0) is 11.4 Å². The number of amides is 1. The van der Waals surface area contributed by atoms with Gasteiger partial charge in [0.15, 0.2) is 11.5 Å². The standard InChI is InChI=1S/C26H29FN2O3/c1-3-31-25-15-20(10-13-24(25)32-17-19-8-11-22(27)12-9-19)14-21(16-28)26(30)29-23-7-5-4-6-18(23)2/h8-15,18,23H,3-7,17H2,1-2H3,(H,29,30)/b21-14+/t18-,23-/m0/s1. The zero-order chi connectivity index (χ0) is 22.9. The van der Waals surface area contributed by atoms with Crippen molar-refractivity contribution in [3.8, 4) is 17.6 Å². The average Bonchev–Trinajstić information content (AvgIpc) is 2.79. The van der Waals surface area contributed by atoms with Crippen molar-refractivity contribution in [2.75, 3.05) is 6.61 Å². The van der Waals surface area contributed by atoms with Crippen molar-refractivity contribution >= 4 is 12.0 Å². The number of nitrogens with zero attached hydrogens (tertiary/aromatic N) is 1. The average molecular weight is 437 g/mol. The summed E-state index contributed by atoms with van der Waals surface area (Å²) in [6.07, 6.45) is 5.88. The molecule has 0 aromatic heterocycles. The first-order chi connectivity index (χ1) is 15.5. The Morgan fingerprint density at radius 3 is 2.59 bits per heavy atom. The number of carbonyl (C=O) groups excluding carboxylic acids is 1. The van der Waals surface area contributed by atoms with Gasteiger partial charge in [0, 0.05) is 6.04 Å². The van der Waals surface area contributed by atoms with Crippen molar-refractivity contribution in [2.45, 2.75) is 52.2 Å². The van der Waals surface area contributed by atoms with E-state index in [0.717, 1.165) is 24.8 Å². The molecular formula is C26H29FN2O3. The summed E-state index contributed by atoms with van der Waals surface area (Å²) in [6, 6.07) is 13.5. The summed E-state index contributed by atoms with van der Waals surface area (Å²) in [6.45, 7) is 4.71. The molecule has 1 aliphatic rings. The number of nitriles is 1. The van der Waals surface area contributed by atoms with Gasteiger partial charge in [0.25, 0.3) is 5.91 Å². The maximum Gasteiger partial charge on any atom is 0.262 e. The van der Waals surface area contributed by atoms with E-state index in [1.807, 2.05) is 13.0 Å². The zero-order valence-electron chi connectivity index (χ0n) is 18.6. The Bertz CT molecular complexity index is 995. The fourth-order valence-corrected chi connectivity index (χ4v) is 3.84. The van der Waals surface area contributed by atoms with Crippen molar-refractivity contribution in [3.63, 3.8) is 0 Å². The van der Waals surface area contributed by atoms with Crippen molar-refractivity contribution in [1.29, 1.82) is 5.26 Å². The number of ether oxygens (including phenoxy) is 2. The van der Waals surface area contributed by atoms with Crippen LogP contribution in [0.2, 0.25) is 0 Å². The second-order valence-corrected chi connectivity index (χ2v) is 8.07. The number of nitrogens with one attached hydrogen (secondary N) is 1. The lowest BCUT2D eigenvalue weighted by Crippen LogP contribution is -2.41. The molecule has 0 unspecified atom stereocenters. The highest BCUT2D eigenvalue weighted by Crippen LogP contribution is 2.30. The largest absolute Gasteiger partial charge is 0.490 e. The van der Waals surface area contributed by atoms with E-state index in [2.05, 4.69) is 12.2 Å².